The monoisotopic (exact) mass is 1120 g/mol. The molecule has 0 fully saturated rings. The van der Waals surface area contributed by atoms with E-state index in [1.807, 2.05) is 33.3 Å². The Morgan fingerprint density at radius 1 is 0.449 bits per heavy atom. The van der Waals surface area contributed by atoms with Gasteiger partial charge in [-0.2, -0.15) is 0 Å². The molecule has 1 N–H and O–H groups in total. The highest BCUT2D eigenvalue weighted by molar-refractivity contribution is 7.45. The van der Waals surface area contributed by atoms with E-state index in [-0.39, 0.29) is 31.5 Å². The Labute approximate surface area is 485 Å². The van der Waals surface area contributed by atoms with Crippen molar-refractivity contribution in [2.24, 2.45) is 0 Å². The normalized spacial score (nSPS) is 13.8. The third kappa shape index (κ3) is 58.9. The highest BCUT2D eigenvalue weighted by Crippen LogP contribution is 2.38. The SMILES string of the molecule is CCCCC/C=C\C/C=C\CCCCCCCCCCCC(=O)NC(COP(=O)([O-])OCC[N+](C)(C)C)C(/C=C/CCCCCCCCCCCC)OC(=O)CCCCCCCCCCCCCCCCCCCCCCC. The number of esters is 1. The minimum Gasteiger partial charge on any atom is -0.756 e. The van der Waals surface area contributed by atoms with Crippen LogP contribution in [0.5, 0.6) is 0 Å². The molecule has 0 saturated heterocycles. The summed E-state index contributed by atoms with van der Waals surface area (Å²) in [5.74, 6) is -0.528. The molecule has 0 aromatic heterocycles. The van der Waals surface area contributed by atoms with Gasteiger partial charge in [-0.25, -0.2) is 0 Å². The van der Waals surface area contributed by atoms with Gasteiger partial charge in [-0.3, -0.25) is 14.2 Å². The molecule has 10 heteroatoms. The van der Waals surface area contributed by atoms with Gasteiger partial charge in [0, 0.05) is 12.8 Å². The van der Waals surface area contributed by atoms with Crippen LogP contribution in [0.15, 0.2) is 36.5 Å². The molecule has 0 aromatic carbocycles. The van der Waals surface area contributed by atoms with Crippen LogP contribution in [-0.2, 0) is 27.9 Å². The number of allylic oxidation sites excluding steroid dienone is 5. The zero-order valence-corrected chi connectivity index (χ0v) is 53.5. The van der Waals surface area contributed by atoms with E-state index in [1.54, 1.807) is 0 Å². The number of unbranched alkanes of at least 4 members (excludes halogenated alkanes) is 42. The second-order valence-electron chi connectivity index (χ2n) is 24.3. The zero-order valence-electron chi connectivity index (χ0n) is 52.6. The number of phosphoric acid groups is 1. The van der Waals surface area contributed by atoms with E-state index in [0.717, 1.165) is 77.0 Å². The van der Waals surface area contributed by atoms with Crippen molar-refractivity contribution in [3.63, 3.8) is 0 Å². The van der Waals surface area contributed by atoms with Gasteiger partial charge in [0.15, 0.2) is 0 Å². The van der Waals surface area contributed by atoms with Crippen molar-refractivity contribution in [3.8, 4) is 0 Å². The van der Waals surface area contributed by atoms with Crippen molar-refractivity contribution >= 4 is 19.7 Å². The second kappa shape index (κ2) is 58.4. The standard InChI is InChI=1S/C68H131N2O7P/c1-7-10-13-16-19-22-25-28-30-32-34-35-37-39-41-43-46-49-52-55-58-61-68(72)77-66(59-56-53-50-47-44-27-24-21-18-15-12-9-3)65(64-76-78(73,74)75-63-62-70(4,5)6)69-67(71)60-57-54-51-48-45-42-40-38-36-33-31-29-26-23-20-17-14-11-8-2/h20,23,29,31,56,59,65-66H,7-19,21-22,24-28,30,32-55,57-58,60-64H2,1-6H3,(H-,69,71,73,74)/b23-20-,31-29-,59-56+. The highest BCUT2D eigenvalue weighted by Gasteiger charge is 2.27. The summed E-state index contributed by atoms with van der Waals surface area (Å²) in [4.78, 5) is 40.1. The number of rotatable bonds is 62. The molecule has 0 heterocycles. The fourth-order valence-electron chi connectivity index (χ4n) is 10.1. The van der Waals surface area contributed by atoms with E-state index in [2.05, 4.69) is 50.4 Å². The molecule has 0 radical (unpaired) electrons. The molecule has 0 aliphatic carbocycles. The average molecular weight is 1120 g/mol. The molecule has 1 amide bonds. The van der Waals surface area contributed by atoms with Crippen LogP contribution >= 0.6 is 7.82 Å². The number of ether oxygens (including phenoxy) is 1. The number of likely N-dealkylation sites (N-methyl/N-ethyl adjacent to an activating group) is 1. The van der Waals surface area contributed by atoms with Crippen LogP contribution in [0.1, 0.15) is 335 Å². The van der Waals surface area contributed by atoms with Gasteiger partial charge in [0.05, 0.1) is 33.8 Å². The molecule has 0 aromatic rings. The van der Waals surface area contributed by atoms with Gasteiger partial charge in [0.1, 0.15) is 19.3 Å². The summed E-state index contributed by atoms with van der Waals surface area (Å²) < 4.78 is 30.4. The van der Waals surface area contributed by atoms with E-state index in [1.165, 1.54) is 225 Å². The predicted molar refractivity (Wildman–Crippen MR) is 335 cm³/mol. The topological polar surface area (TPSA) is 114 Å². The first-order valence-corrected chi connectivity index (χ1v) is 35.3. The Morgan fingerprint density at radius 2 is 0.782 bits per heavy atom. The Kier molecular flexibility index (Phi) is 57.1. The van der Waals surface area contributed by atoms with E-state index in [0.29, 0.717) is 17.4 Å². The lowest BCUT2D eigenvalue weighted by Gasteiger charge is -2.30. The van der Waals surface area contributed by atoms with Crippen molar-refractivity contribution in [2.75, 3.05) is 40.9 Å². The minimum absolute atomic E-state index is 0.0207. The third-order valence-electron chi connectivity index (χ3n) is 15.3. The van der Waals surface area contributed by atoms with E-state index >= 15 is 0 Å². The summed E-state index contributed by atoms with van der Waals surface area (Å²) in [5.41, 5.74) is 0. The molecule has 0 bridgehead atoms. The van der Waals surface area contributed by atoms with Crippen LogP contribution in [0.25, 0.3) is 0 Å². The molecule has 3 unspecified atom stereocenters. The molecule has 0 spiro atoms. The van der Waals surface area contributed by atoms with Gasteiger partial charge in [0.2, 0.25) is 5.91 Å². The number of phosphoric ester groups is 1. The van der Waals surface area contributed by atoms with Gasteiger partial charge >= 0.3 is 5.97 Å². The third-order valence-corrected chi connectivity index (χ3v) is 16.3. The minimum atomic E-state index is -4.70. The van der Waals surface area contributed by atoms with Crippen LogP contribution < -0.4 is 10.2 Å². The Hall–Kier alpha value is -1.77. The molecule has 3 atom stereocenters. The largest absolute Gasteiger partial charge is 0.756 e. The Morgan fingerprint density at radius 3 is 1.18 bits per heavy atom. The summed E-state index contributed by atoms with van der Waals surface area (Å²) in [7, 11) is 1.20. The molecule has 0 rings (SSSR count). The van der Waals surface area contributed by atoms with Crippen LogP contribution in [0.3, 0.4) is 0 Å². The lowest BCUT2D eigenvalue weighted by atomic mass is 10.0. The van der Waals surface area contributed by atoms with Crippen LogP contribution in [0.2, 0.25) is 0 Å². The van der Waals surface area contributed by atoms with E-state index in [9.17, 15) is 19.0 Å². The predicted octanol–water partition coefficient (Wildman–Crippen LogP) is 20.4. The summed E-state index contributed by atoms with van der Waals surface area (Å²) in [6.45, 7) is 6.87. The quantitative estimate of drug-likeness (QED) is 0.0212. The van der Waals surface area contributed by atoms with Crippen molar-refractivity contribution in [1.29, 1.82) is 0 Å². The summed E-state index contributed by atoms with van der Waals surface area (Å²) in [5, 5.41) is 3.04. The number of carbonyl (C=O) groups excluding carboxylic acids is 2. The maximum absolute atomic E-state index is 13.6. The maximum Gasteiger partial charge on any atom is 0.306 e. The molecule has 0 aliphatic rings. The summed E-state index contributed by atoms with van der Waals surface area (Å²) in [6.07, 6.45) is 71.1. The van der Waals surface area contributed by atoms with Crippen molar-refractivity contribution < 1.29 is 37.3 Å². The summed E-state index contributed by atoms with van der Waals surface area (Å²) in [6, 6.07) is -0.887. The number of nitrogens with one attached hydrogen (secondary N) is 1. The first kappa shape index (κ1) is 76.2. The number of hydrogen-bond acceptors (Lipinski definition) is 7. The molecule has 0 aliphatic heterocycles. The summed E-state index contributed by atoms with van der Waals surface area (Å²) >= 11 is 0. The fourth-order valence-corrected chi connectivity index (χ4v) is 10.8. The Bertz CT molecular complexity index is 1430. The van der Waals surface area contributed by atoms with Crippen molar-refractivity contribution in [1.82, 2.24) is 5.32 Å². The molecule has 460 valence electrons. The number of quaternary nitrogens is 1. The fraction of sp³-hybridized carbons (Fsp3) is 0.882. The van der Waals surface area contributed by atoms with Gasteiger partial charge in [-0.05, 0) is 63.9 Å². The molecular weight excluding hydrogens is 988 g/mol. The number of hydrogen-bond donors (Lipinski definition) is 1. The average Bonchev–Trinajstić information content (AvgIpc) is 3.40. The smallest absolute Gasteiger partial charge is 0.306 e. The van der Waals surface area contributed by atoms with E-state index in [4.69, 9.17) is 13.8 Å². The lowest BCUT2D eigenvalue weighted by Crippen LogP contribution is -2.47. The number of amides is 1. The van der Waals surface area contributed by atoms with Crippen LogP contribution in [0, 0.1) is 0 Å². The van der Waals surface area contributed by atoms with Crippen molar-refractivity contribution in [3.05, 3.63) is 36.5 Å². The van der Waals surface area contributed by atoms with Crippen LogP contribution in [-0.4, -0.2) is 69.4 Å². The molecule has 9 nitrogen and oxygen atoms in total. The maximum atomic E-state index is 13.6. The highest BCUT2D eigenvalue weighted by atomic mass is 31.2. The van der Waals surface area contributed by atoms with Gasteiger partial charge in [0.25, 0.3) is 7.82 Å². The van der Waals surface area contributed by atoms with Gasteiger partial charge < -0.3 is 28.5 Å². The Balaban J connectivity index is 5.13. The van der Waals surface area contributed by atoms with Crippen molar-refractivity contribution in [2.45, 2.75) is 348 Å². The molecule has 0 saturated carbocycles. The van der Waals surface area contributed by atoms with Gasteiger partial charge in [-0.1, -0.05) is 295 Å². The first-order chi connectivity index (χ1) is 37.9. The second-order valence-corrected chi connectivity index (χ2v) is 25.7. The number of carbonyl (C=O) groups is 2. The van der Waals surface area contributed by atoms with E-state index < -0.39 is 20.0 Å². The number of nitrogens with zero attached hydrogens (tertiary/aromatic N) is 1. The van der Waals surface area contributed by atoms with Gasteiger partial charge in [-0.15, -0.1) is 0 Å². The molecular formula is C68H131N2O7P. The molecule has 78 heavy (non-hydrogen) atoms. The zero-order chi connectivity index (χ0) is 57.2. The first-order valence-electron chi connectivity index (χ1n) is 33.8. The lowest BCUT2D eigenvalue weighted by molar-refractivity contribution is -0.870. The van der Waals surface area contributed by atoms with Crippen LogP contribution in [0.4, 0.5) is 0 Å².